The maximum absolute atomic E-state index is 13.3. The Morgan fingerprint density at radius 1 is 1.18 bits per heavy atom. The van der Waals surface area contributed by atoms with Crippen LogP contribution in [0.5, 0.6) is 0 Å². The molecule has 0 radical (unpaired) electrons. The fourth-order valence-electron chi connectivity index (χ4n) is 4.32. The predicted octanol–water partition coefficient (Wildman–Crippen LogP) is 4.48. The van der Waals surface area contributed by atoms with Crippen LogP contribution in [0, 0.1) is 13.8 Å². The van der Waals surface area contributed by atoms with Crippen molar-refractivity contribution in [1.29, 1.82) is 0 Å². The molecule has 0 amide bonds. The third-order valence-corrected chi connectivity index (χ3v) is 8.72. The Balaban J connectivity index is 1.80. The highest BCUT2D eigenvalue weighted by Crippen LogP contribution is 2.40. The van der Waals surface area contributed by atoms with Crippen molar-refractivity contribution in [2.45, 2.75) is 43.7 Å². The first-order valence-corrected chi connectivity index (χ1v) is 12.5. The predicted molar refractivity (Wildman–Crippen MR) is 126 cm³/mol. The molecule has 33 heavy (non-hydrogen) atoms. The first-order valence-electron chi connectivity index (χ1n) is 10.3. The fraction of sp³-hybridized carbons (Fsp3) is 0.304. The number of fused-ring (bicyclic) bond motifs is 1. The van der Waals surface area contributed by atoms with Gasteiger partial charge in [0.1, 0.15) is 17.0 Å². The second kappa shape index (κ2) is 8.85. The van der Waals surface area contributed by atoms with Gasteiger partial charge in [-0.1, -0.05) is 29.3 Å². The molecule has 10 heteroatoms. The average molecular weight is 509 g/mol. The topological polar surface area (TPSA) is 108 Å². The zero-order valence-electron chi connectivity index (χ0n) is 17.9. The molecular formula is C23H22Cl2N2O5S. The van der Waals surface area contributed by atoms with E-state index in [2.05, 4.69) is 4.98 Å². The normalized spacial score (nSPS) is 18.0. The summed E-state index contributed by atoms with van der Waals surface area (Å²) in [5, 5.41) is 21.3. The zero-order chi connectivity index (χ0) is 24.1. The van der Waals surface area contributed by atoms with E-state index in [-0.39, 0.29) is 33.5 Å². The summed E-state index contributed by atoms with van der Waals surface area (Å²) in [6.45, 7) is 3.91. The summed E-state index contributed by atoms with van der Waals surface area (Å²) in [5.74, 6) is -1.21. The third-order valence-electron chi connectivity index (χ3n) is 5.92. The summed E-state index contributed by atoms with van der Waals surface area (Å²) >= 11 is 12.9. The molecule has 174 valence electrons. The number of sulfonamides is 1. The lowest BCUT2D eigenvalue weighted by atomic mass is 9.98. The van der Waals surface area contributed by atoms with Gasteiger partial charge in [-0.15, -0.1) is 0 Å². The van der Waals surface area contributed by atoms with E-state index in [1.807, 2.05) is 19.9 Å². The lowest BCUT2D eigenvalue weighted by Crippen LogP contribution is -2.40. The zero-order valence-corrected chi connectivity index (χ0v) is 20.2. The number of hydrogen-bond acceptors (Lipinski definition) is 5. The van der Waals surface area contributed by atoms with E-state index in [1.54, 1.807) is 18.2 Å². The molecule has 2 atom stereocenters. The number of carboxylic acids is 1. The van der Waals surface area contributed by atoms with Crippen LogP contribution in [0.2, 0.25) is 10.0 Å². The third kappa shape index (κ3) is 4.22. The molecule has 3 aromatic rings. The van der Waals surface area contributed by atoms with E-state index in [4.69, 9.17) is 23.2 Å². The van der Waals surface area contributed by atoms with Crippen molar-refractivity contribution in [1.82, 2.24) is 9.29 Å². The number of aliphatic hydroxyl groups is 1. The molecule has 0 spiro atoms. The summed E-state index contributed by atoms with van der Waals surface area (Å²) in [5.41, 5.74) is 3.14. The maximum atomic E-state index is 13.3. The van der Waals surface area contributed by atoms with Crippen LogP contribution in [0.4, 0.5) is 0 Å². The molecule has 2 heterocycles. The SMILES string of the molecule is Cc1cc(C)c2cc(C(O)c3c(Cl)ccc(S(=O)(=O)N4CCCC4C(=O)O)c3Cl)ccc2n1. The van der Waals surface area contributed by atoms with Gasteiger partial charge >= 0.3 is 5.97 Å². The summed E-state index contributed by atoms with van der Waals surface area (Å²) in [4.78, 5) is 15.7. The van der Waals surface area contributed by atoms with Crippen molar-refractivity contribution in [3.05, 3.63) is 68.8 Å². The molecule has 1 fully saturated rings. The van der Waals surface area contributed by atoms with Gasteiger partial charge < -0.3 is 10.2 Å². The Kier molecular flexibility index (Phi) is 6.41. The van der Waals surface area contributed by atoms with E-state index in [0.717, 1.165) is 26.5 Å². The molecule has 1 aliphatic rings. The summed E-state index contributed by atoms with van der Waals surface area (Å²) < 4.78 is 27.5. The number of aliphatic carboxylic acids is 1. The first-order chi connectivity index (χ1) is 15.5. The van der Waals surface area contributed by atoms with Crippen LogP contribution in [0.15, 0.2) is 41.3 Å². The van der Waals surface area contributed by atoms with E-state index in [9.17, 15) is 23.4 Å². The van der Waals surface area contributed by atoms with Crippen molar-refractivity contribution in [2.75, 3.05) is 6.54 Å². The van der Waals surface area contributed by atoms with Crippen molar-refractivity contribution in [2.24, 2.45) is 0 Å². The number of aryl methyl sites for hydroxylation is 2. The molecule has 1 aromatic heterocycles. The Hall–Kier alpha value is -2.23. The Bertz CT molecular complexity index is 1380. The molecule has 0 aliphatic carbocycles. The molecule has 7 nitrogen and oxygen atoms in total. The molecule has 2 N–H and O–H groups in total. The number of aromatic nitrogens is 1. The van der Waals surface area contributed by atoms with E-state index in [1.165, 1.54) is 12.1 Å². The van der Waals surface area contributed by atoms with Gasteiger partial charge in [-0.05, 0) is 68.1 Å². The summed E-state index contributed by atoms with van der Waals surface area (Å²) in [6.07, 6.45) is -0.654. The Morgan fingerprint density at radius 2 is 1.91 bits per heavy atom. The van der Waals surface area contributed by atoms with Crippen LogP contribution in [-0.4, -0.2) is 46.5 Å². The fourth-order valence-corrected chi connectivity index (χ4v) is 6.92. The second-order valence-electron chi connectivity index (χ2n) is 8.14. The lowest BCUT2D eigenvalue weighted by molar-refractivity contribution is -0.140. The van der Waals surface area contributed by atoms with Gasteiger partial charge in [0, 0.05) is 28.2 Å². The van der Waals surface area contributed by atoms with Crippen LogP contribution in [0.1, 0.15) is 41.3 Å². The standard InChI is InChI=1S/C23H22Cl2N2O5S/c1-12-10-13(2)26-17-7-5-14(11-15(12)17)22(28)20-16(24)6-8-19(21(20)25)33(31,32)27-9-3-4-18(27)23(29)30/h5-8,10-11,18,22,28H,3-4,9H2,1-2H3,(H,29,30). The van der Waals surface area contributed by atoms with Gasteiger partial charge in [-0.25, -0.2) is 8.42 Å². The van der Waals surface area contributed by atoms with Gasteiger partial charge in [-0.3, -0.25) is 9.78 Å². The van der Waals surface area contributed by atoms with Crippen LogP contribution >= 0.6 is 23.2 Å². The molecule has 2 unspecified atom stereocenters. The van der Waals surface area contributed by atoms with E-state index < -0.39 is 28.1 Å². The molecule has 0 bridgehead atoms. The number of pyridine rings is 1. The number of carbonyl (C=O) groups is 1. The largest absolute Gasteiger partial charge is 0.480 e. The number of aliphatic hydroxyl groups excluding tert-OH is 1. The summed E-state index contributed by atoms with van der Waals surface area (Å²) in [6, 6.07) is 8.60. The van der Waals surface area contributed by atoms with Gasteiger partial charge in [0.15, 0.2) is 0 Å². The van der Waals surface area contributed by atoms with Crippen molar-refractivity contribution < 1.29 is 23.4 Å². The van der Waals surface area contributed by atoms with Gasteiger partial charge in [0.25, 0.3) is 0 Å². The number of nitrogens with zero attached hydrogens (tertiary/aromatic N) is 2. The number of carboxylic acid groups (broad SMARTS) is 1. The minimum atomic E-state index is -4.22. The molecule has 0 saturated carbocycles. The maximum Gasteiger partial charge on any atom is 0.322 e. The number of hydrogen-bond donors (Lipinski definition) is 2. The van der Waals surface area contributed by atoms with Crippen LogP contribution in [0.3, 0.4) is 0 Å². The highest BCUT2D eigenvalue weighted by atomic mass is 35.5. The van der Waals surface area contributed by atoms with Crippen molar-refractivity contribution in [3.8, 4) is 0 Å². The minimum absolute atomic E-state index is 0.0440. The number of halogens is 2. The van der Waals surface area contributed by atoms with Crippen molar-refractivity contribution in [3.63, 3.8) is 0 Å². The van der Waals surface area contributed by atoms with E-state index >= 15 is 0 Å². The Labute approximate surface area is 201 Å². The average Bonchev–Trinajstić information content (AvgIpc) is 3.24. The summed E-state index contributed by atoms with van der Waals surface area (Å²) in [7, 11) is -4.22. The number of benzene rings is 2. The molecule has 4 rings (SSSR count). The molecule has 1 aliphatic heterocycles. The van der Waals surface area contributed by atoms with Crippen molar-refractivity contribution >= 4 is 50.1 Å². The van der Waals surface area contributed by atoms with Crippen LogP contribution in [0.25, 0.3) is 10.9 Å². The van der Waals surface area contributed by atoms with Crippen LogP contribution < -0.4 is 0 Å². The Morgan fingerprint density at radius 3 is 2.61 bits per heavy atom. The number of rotatable bonds is 5. The van der Waals surface area contributed by atoms with Gasteiger partial charge in [0.2, 0.25) is 10.0 Å². The van der Waals surface area contributed by atoms with E-state index in [0.29, 0.717) is 12.0 Å². The smallest absolute Gasteiger partial charge is 0.322 e. The monoisotopic (exact) mass is 508 g/mol. The first kappa shape index (κ1) is 23.9. The highest BCUT2D eigenvalue weighted by molar-refractivity contribution is 7.89. The quantitative estimate of drug-likeness (QED) is 0.525. The molecule has 1 saturated heterocycles. The van der Waals surface area contributed by atoms with Gasteiger partial charge in [0.05, 0.1) is 10.5 Å². The molecule has 2 aromatic carbocycles. The van der Waals surface area contributed by atoms with Crippen LogP contribution in [-0.2, 0) is 14.8 Å². The highest BCUT2D eigenvalue weighted by Gasteiger charge is 2.41. The lowest BCUT2D eigenvalue weighted by Gasteiger charge is -2.23. The second-order valence-corrected chi connectivity index (χ2v) is 10.8. The molecular weight excluding hydrogens is 487 g/mol. The minimum Gasteiger partial charge on any atom is -0.480 e. The van der Waals surface area contributed by atoms with Gasteiger partial charge in [-0.2, -0.15) is 4.31 Å².